The van der Waals surface area contributed by atoms with Crippen molar-refractivity contribution < 1.29 is 4.79 Å². The number of carbonyl (C=O) groups is 1. The van der Waals surface area contributed by atoms with E-state index in [1.807, 2.05) is 12.2 Å². The Morgan fingerprint density at radius 1 is 0.706 bits per heavy atom. The first-order valence-electron chi connectivity index (χ1n) is 6.48. The first-order valence-corrected chi connectivity index (χ1v) is 6.48. The lowest BCUT2D eigenvalue weighted by Crippen LogP contribution is -1.70. The fourth-order valence-electron chi connectivity index (χ4n) is 1.26. The van der Waals surface area contributed by atoms with Crippen LogP contribution in [-0.2, 0) is 4.79 Å². The Bertz CT molecular complexity index is 269. The van der Waals surface area contributed by atoms with Crippen molar-refractivity contribution in [1.82, 2.24) is 0 Å². The van der Waals surface area contributed by atoms with Gasteiger partial charge in [-0.3, -0.25) is 0 Å². The molecule has 0 radical (unpaired) electrons. The maximum atomic E-state index is 10.0. The molecule has 1 nitrogen and oxygen atoms in total. The zero-order chi connectivity index (χ0) is 12.6. The summed E-state index contributed by atoms with van der Waals surface area (Å²) in [5, 5.41) is 0. The molecule has 0 saturated carbocycles. The standard InChI is InChI=1S/C16H24O/c1-2-3-4-5-6-7-8-9-10-11-12-13-14-15-16-17/h3-6,10-13,16H,2,7-9,14-15H2,1H3/b4-3-,6-5-,11-10-,13-12-. The van der Waals surface area contributed by atoms with Gasteiger partial charge in [0.25, 0.3) is 0 Å². The molecule has 1 heteroatoms. The quantitative estimate of drug-likeness (QED) is 0.301. The molecule has 0 unspecified atom stereocenters. The van der Waals surface area contributed by atoms with Gasteiger partial charge in [-0.2, -0.15) is 0 Å². The summed E-state index contributed by atoms with van der Waals surface area (Å²) in [6.07, 6.45) is 23.8. The Kier molecular flexibility index (Phi) is 13.5. The van der Waals surface area contributed by atoms with Crippen molar-refractivity contribution in [3.63, 3.8) is 0 Å². The summed E-state index contributed by atoms with van der Waals surface area (Å²) in [5.41, 5.74) is 0. The summed E-state index contributed by atoms with van der Waals surface area (Å²) in [6.45, 7) is 2.14. The van der Waals surface area contributed by atoms with Crippen LogP contribution in [0.25, 0.3) is 0 Å². The Labute approximate surface area is 106 Å². The first-order chi connectivity index (χ1) is 8.41. The van der Waals surface area contributed by atoms with E-state index >= 15 is 0 Å². The molecule has 0 atom stereocenters. The third-order valence-electron chi connectivity index (χ3n) is 2.20. The van der Waals surface area contributed by atoms with Gasteiger partial charge in [0.2, 0.25) is 0 Å². The van der Waals surface area contributed by atoms with Crippen molar-refractivity contribution in [2.24, 2.45) is 0 Å². The molecule has 0 aliphatic carbocycles. The Hall–Kier alpha value is -1.37. The minimum Gasteiger partial charge on any atom is -0.303 e. The topological polar surface area (TPSA) is 17.1 Å². The van der Waals surface area contributed by atoms with Crippen LogP contribution in [0.1, 0.15) is 45.4 Å². The van der Waals surface area contributed by atoms with Gasteiger partial charge in [-0.1, -0.05) is 55.5 Å². The number of carbonyl (C=O) groups excluding carboxylic acids is 1. The lowest BCUT2D eigenvalue weighted by molar-refractivity contribution is -0.107. The van der Waals surface area contributed by atoms with E-state index in [2.05, 4.69) is 43.4 Å². The van der Waals surface area contributed by atoms with Gasteiger partial charge in [0.15, 0.2) is 0 Å². The summed E-state index contributed by atoms with van der Waals surface area (Å²) < 4.78 is 0. The van der Waals surface area contributed by atoms with Gasteiger partial charge in [0, 0.05) is 6.42 Å². The van der Waals surface area contributed by atoms with Crippen LogP contribution >= 0.6 is 0 Å². The highest BCUT2D eigenvalue weighted by Crippen LogP contribution is 1.99. The zero-order valence-electron chi connectivity index (χ0n) is 10.8. The molecule has 0 amide bonds. The first kappa shape index (κ1) is 15.6. The highest BCUT2D eigenvalue weighted by molar-refractivity contribution is 5.49. The maximum absolute atomic E-state index is 10.0. The van der Waals surface area contributed by atoms with Crippen molar-refractivity contribution in [2.45, 2.75) is 45.4 Å². The number of hydrogen-bond donors (Lipinski definition) is 0. The van der Waals surface area contributed by atoms with Crippen molar-refractivity contribution >= 4 is 6.29 Å². The molecule has 0 aliphatic heterocycles. The molecular formula is C16H24O. The monoisotopic (exact) mass is 232 g/mol. The highest BCUT2D eigenvalue weighted by Gasteiger charge is 1.79. The van der Waals surface area contributed by atoms with Crippen molar-refractivity contribution in [3.05, 3.63) is 48.6 Å². The molecule has 0 N–H and O–H groups in total. The fourth-order valence-corrected chi connectivity index (χ4v) is 1.26. The van der Waals surface area contributed by atoms with E-state index in [1.54, 1.807) is 0 Å². The SMILES string of the molecule is CC/C=C\C=C/CCC/C=C\C=C/CCC=O. The molecule has 0 heterocycles. The maximum Gasteiger partial charge on any atom is 0.120 e. The summed E-state index contributed by atoms with van der Waals surface area (Å²) in [4.78, 5) is 10.0. The van der Waals surface area contributed by atoms with Crippen LogP contribution in [0.5, 0.6) is 0 Å². The molecular weight excluding hydrogens is 208 g/mol. The number of hydrogen-bond acceptors (Lipinski definition) is 1. The second-order valence-corrected chi connectivity index (χ2v) is 3.80. The lowest BCUT2D eigenvalue weighted by Gasteiger charge is -1.88. The van der Waals surface area contributed by atoms with E-state index in [9.17, 15) is 4.79 Å². The summed E-state index contributed by atoms with van der Waals surface area (Å²) in [7, 11) is 0. The minimum absolute atomic E-state index is 0.625. The van der Waals surface area contributed by atoms with Crippen LogP contribution in [0.3, 0.4) is 0 Å². The number of allylic oxidation sites excluding steroid dienone is 8. The van der Waals surface area contributed by atoms with Crippen LogP contribution in [0.4, 0.5) is 0 Å². The van der Waals surface area contributed by atoms with Gasteiger partial charge < -0.3 is 4.79 Å². The summed E-state index contributed by atoms with van der Waals surface area (Å²) in [6, 6.07) is 0. The second-order valence-electron chi connectivity index (χ2n) is 3.80. The molecule has 0 fully saturated rings. The fraction of sp³-hybridized carbons (Fsp3) is 0.438. The van der Waals surface area contributed by atoms with Gasteiger partial charge in [-0.25, -0.2) is 0 Å². The molecule has 0 aromatic carbocycles. The van der Waals surface area contributed by atoms with E-state index in [-0.39, 0.29) is 0 Å². The summed E-state index contributed by atoms with van der Waals surface area (Å²) in [5.74, 6) is 0. The Morgan fingerprint density at radius 2 is 1.24 bits per heavy atom. The van der Waals surface area contributed by atoms with Crippen LogP contribution in [-0.4, -0.2) is 6.29 Å². The van der Waals surface area contributed by atoms with Crippen molar-refractivity contribution in [2.75, 3.05) is 0 Å². The van der Waals surface area contributed by atoms with E-state index in [0.29, 0.717) is 6.42 Å². The van der Waals surface area contributed by atoms with E-state index in [4.69, 9.17) is 0 Å². The lowest BCUT2D eigenvalue weighted by atomic mass is 10.2. The number of aldehydes is 1. The van der Waals surface area contributed by atoms with E-state index < -0.39 is 0 Å². The molecule has 94 valence electrons. The van der Waals surface area contributed by atoms with Crippen LogP contribution in [0, 0.1) is 0 Å². The predicted octanol–water partition coefficient (Wildman–Crippen LogP) is 4.77. The molecule has 0 aliphatic rings. The Balaban J connectivity index is 3.35. The molecule has 17 heavy (non-hydrogen) atoms. The highest BCUT2D eigenvalue weighted by atomic mass is 16.1. The normalized spacial score (nSPS) is 12.5. The van der Waals surface area contributed by atoms with E-state index in [1.165, 1.54) is 6.42 Å². The van der Waals surface area contributed by atoms with E-state index in [0.717, 1.165) is 32.0 Å². The molecule has 0 spiro atoms. The molecule has 0 rings (SSSR count). The summed E-state index contributed by atoms with van der Waals surface area (Å²) >= 11 is 0. The second kappa shape index (κ2) is 14.6. The molecule has 0 saturated heterocycles. The predicted molar refractivity (Wildman–Crippen MR) is 76.0 cm³/mol. The van der Waals surface area contributed by atoms with Crippen LogP contribution < -0.4 is 0 Å². The average molecular weight is 232 g/mol. The molecule has 0 aromatic rings. The molecule has 0 aromatic heterocycles. The minimum atomic E-state index is 0.625. The largest absolute Gasteiger partial charge is 0.303 e. The van der Waals surface area contributed by atoms with Crippen LogP contribution in [0.15, 0.2) is 48.6 Å². The number of unbranched alkanes of at least 4 members (excludes halogenated alkanes) is 3. The van der Waals surface area contributed by atoms with Gasteiger partial charge in [0.05, 0.1) is 0 Å². The van der Waals surface area contributed by atoms with Gasteiger partial charge in [0.1, 0.15) is 6.29 Å². The molecule has 0 bridgehead atoms. The van der Waals surface area contributed by atoms with Crippen molar-refractivity contribution in [1.29, 1.82) is 0 Å². The number of rotatable bonds is 10. The van der Waals surface area contributed by atoms with Crippen molar-refractivity contribution in [3.8, 4) is 0 Å². The third-order valence-corrected chi connectivity index (χ3v) is 2.20. The Morgan fingerprint density at radius 3 is 1.76 bits per heavy atom. The van der Waals surface area contributed by atoms with Gasteiger partial charge in [-0.05, 0) is 32.1 Å². The third kappa shape index (κ3) is 14.6. The average Bonchev–Trinajstić information content (AvgIpc) is 2.35. The smallest absolute Gasteiger partial charge is 0.120 e. The zero-order valence-corrected chi connectivity index (χ0v) is 10.8. The van der Waals surface area contributed by atoms with Crippen LogP contribution in [0.2, 0.25) is 0 Å². The van der Waals surface area contributed by atoms with Gasteiger partial charge >= 0.3 is 0 Å². The van der Waals surface area contributed by atoms with Gasteiger partial charge in [-0.15, -0.1) is 0 Å².